The lowest BCUT2D eigenvalue weighted by Gasteiger charge is -2.29. The molecular formula is C20H19ClN2O5S. The molecule has 0 saturated carbocycles. The molecule has 0 bridgehead atoms. The summed E-state index contributed by atoms with van der Waals surface area (Å²) in [7, 11) is -3.85. The second-order valence-corrected chi connectivity index (χ2v) is 8.69. The first kappa shape index (κ1) is 20.9. The maximum atomic E-state index is 12.9. The van der Waals surface area contributed by atoms with E-state index < -0.39 is 33.6 Å². The van der Waals surface area contributed by atoms with Crippen molar-refractivity contribution in [3.8, 4) is 0 Å². The zero-order valence-corrected chi connectivity index (χ0v) is 17.1. The Bertz CT molecular complexity index is 1050. The number of hydrogen-bond donors (Lipinski definition) is 2. The molecule has 3 rings (SSSR count). The zero-order chi connectivity index (χ0) is 21.0. The van der Waals surface area contributed by atoms with E-state index in [1.54, 1.807) is 37.3 Å². The fourth-order valence-corrected chi connectivity index (χ4v) is 4.44. The van der Waals surface area contributed by atoms with E-state index in [0.29, 0.717) is 10.6 Å². The van der Waals surface area contributed by atoms with Crippen LogP contribution in [0.2, 0.25) is 5.02 Å². The average Bonchev–Trinajstić information content (AvgIpc) is 2.68. The van der Waals surface area contributed by atoms with Crippen LogP contribution in [0.15, 0.2) is 70.8 Å². The van der Waals surface area contributed by atoms with Gasteiger partial charge in [-0.05, 0) is 36.8 Å². The van der Waals surface area contributed by atoms with Crippen molar-refractivity contribution >= 4 is 33.4 Å². The molecule has 1 atom stereocenters. The van der Waals surface area contributed by atoms with Gasteiger partial charge >= 0.3 is 12.0 Å². The maximum Gasteiger partial charge on any atom is 0.338 e. The molecule has 0 unspecified atom stereocenters. The quantitative estimate of drug-likeness (QED) is 0.680. The summed E-state index contributed by atoms with van der Waals surface area (Å²) in [6, 6.07) is 13.0. The smallest absolute Gasteiger partial charge is 0.338 e. The highest BCUT2D eigenvalue weighted by molar-refractivity contribution is 7.91. The standard InChI is InChI=1S/C20H19ClN2O5S/c1-2-28-19(24)17-16(12-29(26,27)15-10-8-14(21)9-11-15)22-20(25)23-18(17)13-6-4-3-5-7-13/h3-11,18H,2,12H2,1H3,(H2,22,23,25)/t18-/m0/s1. The topological polar surface area (TPSA) is 102 Å². The number of benzene rings is 2. The van der Waals surface area contributed by atoms with Gasteiger partial charge < -0.3 is 15.4 Å². The fraction of sp³-hybridized carbons (Fsp3) is 0.200. The molecule has 2 aromatic rings. The van der Waals surface area contributed by atoms with Crippen LogP contribution in [-0.2, 0) is 19.4 Å². The molecule has 1 aliphatic rings. The van der Waals surface area contributed by atoms with Gasteiger partial charge in [0.25, 0.3) is 0 Å². The molecule has 0 spiro atoms. The van der Waals surface area contributed by atoms with Gasteiger partial charge in [-0.15, -0.1) is 0 Å². The van der Waals surface area contributed by atoms with Crippen molar-refractivity contribution in [1.29, 1.82) is 0 Å². The number of nitrogens with one attached hydrogen (secondary N) is 2. The largest absolute Gasteiger partial charge is 0.463 e. The number of hydrogen-bond acceptors (Lipinski definition) is 5. The van der Waals surface area contributed by atoms with Gasteiger partial charge in [0, 0.05) is 10.7 Å². The summed E-state index contributed by atoms with van der Waals surface area (Å²) in [4.78, 5) is 24.9. The van der Waals surface area contributed by atoms with Crippen LogP contribution in [0.4, 0.5) is 4.79 Å². The first-order valence-electron chi connectivity index (χ1n) is 8.82. The van der Waals surface area contributed by atoms with Gasteiger partial charge in [-0.2, -0.15) is 0 Å². The van der Waals surface area contributed by atoms with Crippen LogP contribution in [0.3, 0.4) is 0 Å². The summed E-state index contributed by atoms with van der Waals surface area (Å²) < 4.78 is 30.9. The summed E-state index contributed by atoms with van der Waals surface area (Å²) >= 11 is 5.83. The molecule has 0 fully saturated rings. The van der Waals surface area contributed by atoms with E-state index >= 15 is 0 Å². The van der Waals surface area contributed by atoms with Crippen molar-refractivity contribution in [2.24, 2.45) is 0 Å². The number of halogens is 1. The molecule has 2 N–H and O–H groups in total. The SMILES string of the molecule is CCOC(=O)C1=C(CS(=O)(=O)c2ccc(Cl)cc2)NC(=O)N[C@H]1c1ccccc1. The number of urea groups is 1. The summed E-state index contributed by atoms with van der Waals surface area (Å²) in [5, 5.41) is 5.53. The van der Waals surface area contributed by atoms with E-state index in [4.69, 9.17) is 16.3 Å². The number of sulfone groups is 1. The summed E-state index contributed by atoms with van der Waals surface area (Å²) in [6.45, 7) is 1.75. The van der Waals surface area contributed by atoms with Crippen LogP contribution in [-0.4, -0.2) is 32.8 Å². The molecule has 1 heterocycles. The molecule has 9 heteroatoms. The number of rotatable bonds is 6. The monoisotopic (exact) mass is 434 g/mol. The van der Waals surface area contributed by atoms with Gasteiger partial charge in [0.1, 0.15) is 0 Å². The Labute approximate surface area is 173 Å². The Balaban J connectivity index is 2.08. The first-order chi connectivity index (χ1) is 13.8. The first-order valence-corrected chi connectivity index (χ1v) is 10.9. The fourth-order valence-electron chi connectivity index (χ4n) is 2.99. The highest BCUT2D eigenvalue weighted by atomic mass is 35.5. The minimum atomic E-state index is -3.85. The minimum Gasteiger partial charge on any atom is -0.463 e. The zero-order valence-electron chi connectivity index (χ0n) is 15.5. The van der Waals surface area contributed by atoms with E-state index in [0.717, 1.165) is 0 Å². The van der Waals surface area contributed by atoms with Crippen molar-refractivity contribution < 1.29 is 22.7 Å². The molecule has 2 aromatic carbocycles. The van der Waals surface area contributed by atoms with Crippen molar-refractivity contribution in [2.45, 2.75) is 17.9 Å². The van der Waals surface area contributed by atoms with Crippen LogP contribution in [0.25, 0.3) is 0 Å². The number of amides is 2. The third-order valence-electron chi connectivity index (χ3n) is 4.29. The van der Waals surface area contributed by atoms with Crippen LogP contribution < -0.4 is 10.6 Å². The van der Waals surface area contributed by atoms with Crippen molar-refractivity contribution in [3.63, 3.8) is 0 Å². The van der Waals surface area contributed by atoms with Gasteiger partial charge in [0.2, 0.25) is 0 Å². The Kier molecular flexibility index (Phi) is 6.24. The Morgan fingerprint density at radius 3 is 2.38 bits per heavy atom. The third kappa shape index (κ3) is 4.78. The molecule has 0 saturated heterocycles. The predicted octanol–water partition coefficient (Wildman–Crippen LogP) is 2.99. The second-order valence-electron chi connectivity index (χ2n) is 6.27. The van der Waals surface area contributed by atoms with Crippen molar-refractivity contribution in [3.05, 3.63) is 76.5 Å². The summed E-state index contributed by atoms with van der Waals surface area (Å²) in [5.74, 6) is -1.27. The molecule has 152 valence electrons. The van der Waals surface area contributed by atoms with Crippen LogP contribution >= 0.6 is 11.6 Å². The average molecular weight is 435 g/mol. The van der Waals surface area contributed by atoms with Gasteiger partial charge in [0.05, 0.1) is 28.9 Å². The number of carbonyl (C=O) groups excluding carboxylic acids is 2. The van der Waals surface area contributed by atoms with E-state index in [9.17, 15) is 18.0 Å². The van der Waals surface area contributed by atoms with Crippen LogP contribution in [0.1, 0.15) is 18.5 Å². The lowest BCUT2D eigenvalue weighted by Crippen LogP contribution is -2.47. The molecule has 0 aromatic heterocycles. The minimum absolute atomic E-state index is 0.0176. The van der Waals surface area contributed by atoms with E-state index in [2.05, 4.69) is 10.6 Å². The molecule has 29 heavy (non-hydrogen) atoms. The highest BCUT2D eigenvalue weighted by Gasteiger charge is 2.35. The molecular weight excluding hydrogens is 416 g/mol. The molecule has 0 radical (unpaired) electrons. The van der Waals surface area contributed by atoms with E-state index in [1.807, 2.05) is 0 Å². The predicted molar refractivity (Wildman–Crippen MR) is 108 cm³/mol. The molecule has 7 nitrogen and oxygen atoms in total. The molecule has 2 amide bonds. The number of esters is 1. The Morgan fingerprint density at radius 1 is 1.10 bits per heavy atom. The van der Waals surface area contributed by atoms with Gasteiger partial charge in [0.15, 0.2) is 9.84 Å². The molecule has 0 aliphatic carbocycles. The summed E-state index contributed by atoms with van der Waals surface area (Å²) in [6.07, 6.45) is 0. The van der Waals surface area contributed by atoms with E-state index in [1.165, 1.54) is 24.3 Å². The van der Waals surface area contributed by atoms with Gasteiger partial charge in [-0.1, -0.05) is 41.9 Å². The number of ether oxygens (including phenoxy) is 1. The van der Waals surface area contributed by atoms with E-state index in [-0.39, 0.29) is 22.8 Å². The van der Waals surface area contributed by atoms with Crippen molar-refractivity contribution in [2.75, 3.05) is 12.4 Å². The van der Waals surface area contributed by atoms with Crippen molar-refractivity contribution in [1.82, 2.24) is 10.6 Å². The second kappa shape index (κ2) is 8.67. The third-order valence-corrected chi connectivity index (χ3v) is 6.20. The van der Waals surface area contributed by atoms with Crippen LogP contribution in [0, 0.1) is 0 Å². The summed E-state index contributed by atoms with van der Waals surface area (Å²) in [5.41, 5.74) is 0.665. The lowest BCUT2D eigenvalue weighted by atomic mass is 9.95. The lowest BCUT2D eigenvalue weighted by molar-refractivity contribution is -0.139. The van der Waals surface area contributed by atoms with Gasteiger partial charge in [-0.25, -0.2) is 18.0 Å². The number of carbonyl (C=O) groups is 2. The van der Waals surface area contributed by atoms with Crippen LogP contribution in [0.5, 0.6) is 0 Å². The maximum absolute atomic E-state index is 12.9. The molecule has 1 aliphatic heterocycles. The highest BCUT2D eigenvalue weighted by Crippen LogP contribution is 2.29. The normalized spacial score (nSPS) is 16.8. The van der Waals surface area contributed by atoms with Gasteiger partial charge in [-0.3, -0.25) is 0 Å². The Morgan fingerprint density at radius 2 is 1.76 bits per heavy atom. The Hall–Kier alpha value is -2.84.